The smallest absolute Gasteiger partial charge is 0.212 e. The molecule has 0 rings (SSSR count). The number of aliphatic hydroxyl groups is 6. The Kier molecular flexibility index (Phi) is 6.70. The highest BCUT2D eigenvalue weighted by atomic mass is 16.4. The Labute approximate surface area is 156 Å². The van der Waals surface area contributed by atoms with Crippen LogP contribution in [0.1, 0.15) is 48.5 Å². The van der Waals surface area contributed by atoms with Crippen molar-refractivity contribution in [2.45, 2.75) is 82.6 Å². The molecule has 0 spiro atoms. The van der Waals surface area contributed by atoms with Crippen molar-refractivity contribution >= 4 is 23.1 Å². The van der Waals surface area contributed by atoms with Crippen LogP contribution in [-0.4, -0.2) is 87.9 Å². The standard InChI is InChI=1S/C17H28O10/c1-8(18)15(25,9(2)19)13(6,23)17(27,12(5)22)14(7,24)16(26,10(3)20)11(4)21/h8,18,23-27H,1-7H3/t8?,13-,14-,15+,17-/m0/s1. The van der Waals surface area contributed by atoms with Gasteiger partial charge in [0.25, 0.3) is 0 Å². The normalized spacial score (nSPS) is 22.4. The second-order valence-corrected chi connectivity index (χ2v) is 7.23. The van der Waals surface area contributed by atoms with Gasteiger partial charge in [0.15, 0.2) is 34.3 Å². The molecule has 5 atom stereocenters. The maximum absolute atomic E-state index is 12.3. The zero-order valence-electron chi connectivity index (χ0n) is 16.4. The van der Waals surface area contributed by atoms with Crippen LogP contribution in [-0.2, 0) is 19.2 Å². The first-order chi connectivity index (χ1) is 11.7. The quantitative estimate of drug-likeness (QED) is 0.227. The Hall–Kier alpha value is -1.56. The Morgan fingerprint density at radius 3 is 1.19 bits per heavy atom. The van der Waals surface area contributed by atoms with Crippen LogP contribution in [0.5, 0.6) is 0 Å². The van der Waals surface area contributed by atoms with Crippen LogP contribution in [0.2, 0.25) is 0 Å². The van der Waals surface area contributed by atoms with E-state index in [0.717, 1.165) is 13.8 Å². The average Bonchev–Trinajstić information content (AvgIpc) is 2.50. The van der Waals surface area contributed by atoms with E-state index in [9.17, 15) is 49.8 Å². The van der Waals surface area contributed by atoms with Gasteiger partial charge < -0.3 is 30.6 Å². The molecule has 0 aliphatic carbocycles. The van der Waals surface area contributed by atoms with Crippen molar-refractivity contribution < 1.29 is 49.8 Å². The summed E-state index contributed by atoms with van der Waals surface area (Å²) in [7, 11) is 0. The van der Waals surface area contributed by atoms with Crippen LogP contribution in [0.25, 0.3) is 0 Å². The molecule has 0 heterocycles. The van der Waals surface area contributed by atoms with E-state index in [2.05, 4.69) is 0 Å². The number of aliphatic hydroxyl groups excluding tert-OH is 1. The first-order valence-electron chi connectivity index (χ1n) is 8.06. The van der Waals surface area contributed by atoms with Gasteiger partial charge in [-0.2, -0.15) is 0 Å². The summed E-state index contributed by atoms with van der Waals surface area (Å²) in [5.41, 5.74) is -17.1. The maximum Gasteiger partial charge on any atom is 0.212 e. The second-order valence-electron chi connectivity index (χ2n) is 7.23. The van der Waals surface area contributed by atoms with Crippen molar-refractivity contribution in [2.75, 3.05) is 0 Å². The number of carbonyl (C=O) groups is 4. The Balaban J connectivity index is 7.29. The molecule has 0 aromatic heterocycles. The molecule has 156 valence electrons. The van der Waals surface area contributed by atoms with Crippen LogP contribution in [0.3, 0.4) is 0 Å². The van der Waals surface area contributed by atoms with Gasteiger partial charge >= 0.3 is 0 Å². The van der Waals surface area contributed by atoms with Crippen LogP contribution >= 0.6 is 0 Å². The Bertz CT molecular complexity index is 649. The van der Waals surface area contributed by atoms with E-state index in [4.69, 9.17) is 0 Å². The number of carbonyl (C=O) groups excluding carboxylic acids is 4. The van der Waals surface area contributed by atoms with E-state index >= 15 is 0 Å². The minimum Gasteiger partial charge on any atom is -0.390 e. The Morgan fingerprint density at radius 1 is 0.667 bits per heavy atom. The summed E-state index contributed by atoms with van der Waals surface area (Å²) in [4.78, 5) is 48.2. The maximum atomic E-state index is 12.3. The molecule has 0 aromatic rings. The van der Waals surface area contributed by atoms with Crippen LogP contribution in [0.15, 0.2) is 0 Å². The molecule has 0 bridgehead atoms. The van der Waals surface area contributed by atoms with Gasteiger partial charge in [-0.05, 0) is 48.5 Å². The predicted molar refractivity (Wildman–Crippen MR) is 90.5 cm³/mol. The molecule has 0 amide bonds. The van der Waals surface area contributed by atoms with Gasteiger partial charge in [-0.1, -0.05) is 0 Å². The monoisotopic (exact) mass is 392 g/mol. The van der Waals surface area contributed by atoms with Crippen LogP contribution in [0.4, 0.5) is 0 Å². The highest BCUT2D eigenvalue weighted by Gasteiger charge is 2.77. The molecule has 0 radical (unpaired) electrons. The number of hydrogen-bond donors (Lipinski definition) is 6. The molecule has 27 heavy (non-hydrogen) atoms. The van der Waals surface area contributed by atoms with Gasteiger partial charge in [0.05, 0.1) is 6.10 Å². The topological polar surface area (TPSA) is 190 Å². The first-order valence-corrected chi connectivity index (χ1v) is 8.06. The molecule has 10 nitrogen and oxygen atoms in total. The molecule has 0 aromatic carbocycles. The summed E-state index contributed by atoms with van der Waals surface area (Å²) in [6.07, 6.45) is -2.07. The summed E-state index contributed by atoms with van der Waals surface area (Å²) in [5, 5.41) is 64.0. The SMILES string of the molecule is CC(=O)C(O)(C(C)=O)[C@](C)(O)[C@](O)(C(C)=O)[C@@](C)(O)[C@](O)(C(C)=O)C(C)O. The van der Waals surface area contributed by atoms with Gasteiger partial charge in [-0.25, -0.2) is 0 Å². The van der Waals surface area contributed by atoms with E-state index in [-0.39, 0.29) is 0 Å². The van der Waals surface area contributed by atoms with Gasteiger partial charge in [-0.3, -0.25) is 19.2 Å². The van der Waals surface area contributed by atoms with Crippen LogP contribution in [0, 0.1) is 0 Å². The third-order valence-corrected chi connectivity index (χ3v) is 5.53. The molecule has 1 unspecified atom stereocenters. The minimum atomic E-state index is -3.66. The molecule has 0 aliphatic heterocycles. The van der Waals surface area contributed by atoms with Crippen molar-refractivity contribution in [3.05, 3.63) is 0 Å². The van der Waals surface area contributed by atoms with Crippen molar-refractivity contribution in [3.63, 3.8) is 0 Å². The fourth-order valence-electron chi connectivity index (χ4n) is 3.67. The Morgan fingerprint density at radius 2 is 1.00 bits per heavy atom. The number of hydrogen-bond acceptors (Lipinski definition) is 10. The number of ketones is 4. The largest absolute Gasteiger partial charge is 0.390 e. The van der Waals surface area contributed by atoms with Gasteiger partial charge in [0.1, 0.15) is 11.2 Å². The van der Waals surface area contributed by atoms with Gasteiger partial charge in [0, 0.05) is 0 Å². The zero-order chi connectivity index (χ0) is 22.4. The third kappa shape index (κ3) is 2.96. The fraction of sp³-hybridized carbons (Fsp3) is 0.765. The van der Waals surface area contributed by atoms with Gasteiger partial charge in [0.2, 0.25) is 5.60 Å². The lowest BCUT2D eigenvalue weighted by Gasteiger charge is -2.56. The van der Waals surface area contributed by atoms with E-state index in [1.807, 2.05) is 0 Å². The van der Waals surface area contributed by atoms with Crippen molar-refractivity contribution in [1.82, 2.24) is 0 Å². The van der Waals surface area contributed by atoms with E-state index in [1.165, 1.54) is 0 Å². The molecule has 10 heteroatoms. The predicted octanol–water partition coefficient (Wildman–Crippen LogP) is -2.58. The van der Waals surface area contributed by atoms with E-state index in [1.54, 1.807) is 0 Å². The zero-order valence-corrected chi connectivity index (χ0v) is 16.4. The lowest BCUT2D eigenvalue weighted by molar-refractivity contribution is -0.304. The third-order valence-electron chi connectivity index (χ3n) is 5.53. The highest BCUT2D eigenvalue weighted by Crippen LogP contribution is 2.47. The van der Waals surface area contributed by atoms with E-state index in [0.29, 0.717) is 34.6 Å². The molecule has 0 fully saturated rings. The molecular weight excluding hydrogens is 364 g/mol. The van der Waals surface area contributed by atoms with Crippen molar-refractivity contribution in [3.8, 4) is 0 Å². The average molecular weight is 392 g/mol. The molecule has 0 saturated carbocycles. The molecule has 0 aliphatic rings. The van der Waals surface area contributed by atoms with E-state index < -0.39 is 57.2 Å². The number of rotatable bonds is 9. The lowest BCUT2D eigenvalue weighted by atomic mass is 9.55. The summed E-state index contributed by atoms with van der Waals surface area (Å²) in [6, 6.07) is 0. The molecule has 6 N–H and O–H groups in total. The molecular formula is C17H28O10. The fourth-order valence-corrected chi connectivity index (χ4v) is 3.67. The summed E-state index contributed by atoms with van der Waals surface area (Å²) in [5.74, 6) is -5.55. The minimum absolute atomic E-state index is 0.522. The van der Waals surface area contributed by atoms with Crippen molar-refractivity contribution in [1.29, 1.82) is 0 Å². The van der Waals surface area contributed by atoms with Crippen LogP contribution < -0.4 is 0 Å². The van der Waals surface area contributed by atoms with Gasteiger partial charge in [-0.15, -0.1) is 0 Å². The molecule has 0 saturated heterocycles. The second kappa shape index (κ2) is 7.12. The summed E-state index contributed by atoms with van der Waals surface area (Å²) >= 11 is 0. The summed E-state index contributed by atoms with van der Waals surface area (Å²) in [6.45, 7) is 4.69. The number of Topliss-reactive ketones (excluding diaryl/α,β-unsaturated/α-hetero) is 4. The summed E-state index contributed by atoms with van der Waals surface area (Å²) < 4.78 is 0. The first kappa shape index (κ1) is 25.4. The lowest BCUT2D eigenvalue weighted by Crippen LogP contribution is -2.85. The van der Waals surface area contributed by atoms with Crippen molar-refractivity contribution in [2.24, 2.45) is 0 Å². The highest BCUT2D eigenvalue weighted by molar-refractivity contribution is 6.11.